The maximum absolute atomic E-state index is 13.5. The van der Waals surface area contributed by atoms with Crippen molar-refractivity contribution >= 4 is 20.0 Å². The van der Waals surface area contributed by atoms with E-state index < -0.39 is 20.0 Å². The Morgan fingerprint density at radius 2 is 1.41 bits per heavy atom. The number of methoxy groups -OCH3 is 2. The molecule has 0 aromatic heterocycles. The largest absolute Gasteiger partial charge is 0.497 e. The monoisotopic (exact) mass is 480 g/mol. The molecule has 10 heteroatoms. The summed E-state index contributed by atoms with van der Waals surface area (Å²) in [6.07, 6.45) is 3.08. The fraction of sp³-hybridized carbons (Fsp3) is 0.455. The van der Waals surface area contributed by atoms with Gasteiger partial charge in [-0.1, -0.05) is 6.07 Å². The normalized spacial score (nSPS) is 20.5. The second kappa shape index (κ2) is 9.01. The lowest BCUT2D eigenvalue weighted by atomic mass is 10.0. The van der Waals surface area contributed by atoms with Crippen LogP contribution in [0.3, 0.4) is 0 Å². The van der Waals surface area contributed by atoms with E-state index in [2.05, 4.69) is 0 Å². The van der Waals surface area contributed by atoms with Gasteiger partial charge in [0, 0.05) is 31.3 Å². The molecule has 2 fully saturated rings. The first-order chi connectivity index (χ1) is 15.3. The summed E-state index contributed by atoms with van der Waals surface area (Å²) in [7, 11) is -4.30. The van der Waals surface area contributed by atoms with E-state index >= 15 is 0 Å². The van der Waals surface area contributed by atoms with E-state index in [-0.39, 0.29) is 15.8 Å². The molecule has 0 spiro atoms. The van der Waals surface area contributed by atoms with Crippen LogP contribution in [0.4, 0.5) is 0 Å². The molecule has 4 rings (SSSR count). The molecule has 174 valence electrons. The highest BCUT2D eigenvalue weighted by Gasteiger charge is 2.38. The smallest absolute Gasteiger partial charge is 0.243 e. The topological polar surface area (TPSA) is 93.2 Å². The third-order valence-corrected chi connectivity index (χ3v) is 9.97. The maximum atomic E-state index is 13.5. The van der Waals surface area contributed by atoms with E-state index in [0.717, 1.165) is 24.8 Å². The number of hydrogen-bond donors (Lipinski definition) is 0. The van der Waals surface area contributed by atoms with Gasteiger partial charge >= 0.3 is 0 Å². The van der Waals surface area contributed by atoms with Gasteiger partial charge in [0.05, 0.1) is 30.1 Å². The van der Waals surface area contributed by atoms with E-state index in [4.69, 9.17) is 9.47 Å². The first-order valence-electron chi connectivity index (χ1n) is 10.6. The minimum Gasteiger partial charge on any atom is -0.497 e. The summed E-state index contributed by atoms with van der Waals surface area (Å²) in [5.74, 6) is 1.20. The Balaban J connectivity index is 1.63. The highest BCUT2D eigenvalue weighted by Crippen LogP contribution is 2.41. The lowest BCUT2D eigenvalue weighted by molar-refractivity contribution is 0.361. The van der Waals surface area contributed by atoms with Gasteiger partial charge in [-0.25, -0.2) is 16.8 Å². The van der Waals surface area contributed by atoms with Crippen LogP contribution >= 0.6 is 0 Å². The van der Waals surface area contributed by atoms with Crippen LogP contribution in [0.2, 0.25) is 0 Å². The summed E-state index contributed by atoms with van der Waals surface area (Å²) >= 11 is 0. The van der Waals surface area contributed by atoms with Crippen molar-refractivity contribution in [1.82, 2.24) is 8.61 Å². The van der Waals surface area contributed by atoms with Gasteiger partial charge in [-0.2, -0.15) is 8.61 Å². The number of sulfonamides is 2. The lowest BCUT2D eigenvalue weighted by Crippen LogP contribution is -2.31. The summed E-state index contributed by atoms with van der Waals surface area (Å²) in [5.41, 5.74) is 0.780. The highest BCUT2D eigenvalue weighted by molar-refractivity contribution is 7.89. The second-order valence-corrected chi connectivity index (χ2v) is 11.8. The molecule has 2 aliphatic heterocycles. The summed E-state index contributed by atoms with van der Waals surface area (Å²) in [6, 6.07) is 10.6. The van der Waals surface area contributed by atoms with Crippen molar-refractivity contribution in [1.29, 1.82) is 0 Å². The van der Waals surface area contributed by atoms with E-state index in [1.807, 2.05) is 6.07 Å². The minimum atomic E-state index is -3.82. The fourth-order valence-electron chi connectivity index (χ4n) is 4.43. The molecule has 1 unspecified atom stereocenters. The van der Waals surface area contributed by atoms with E-state index in [9.17, 15) is 16.8 Å². The Bertz CT molecular complexity index is 1170. The molecule has 0 aliphatic carbocycles. The molecule has 0 radical (unpaired) electrons. The first kappa shape index (κ1) is 23.0. The van der Waals surface area contributed by atoms with E-state index in [0.29, 0.717) is 37.6 Å². The Labute approximate surface area is 189 Å². The minimum absolute atomic E-state index is 0.0808. The van der Waals surface area contributed by atoms with Gasteiger partial charge < -0.3 is 9.47 Å². The quantitative estimate of drug-likeness (QED) is 0.605. The van der Waals surface area contributed by atoms with Crippen LogP contribution in [-0.4, -0.2) is 59.3 Å². The van der Waals surface area contributed by atoms with Crippen molar-refractivity contribution in [2.45, 2.75) is 41.5 Å². The predicted octanol–water partition coefficient (Wildman–Crippen LogP) is 3.01. The van der Waals surface area contributed by atoms with Crippen molar-refractivity contribution in [2.75, 3.05) is 33.9 Å². The third-order valence-electron chi connectivity index (χ3n) is 6.14. The van der Waals surface area contributed by atoms with Crippen LogP contribution in [0.25, 0.3) is 0 Å². The molecule has 2 saturated heterocycles. The molecule has 2 aliphatic rings. The Hall–Kier alpha value is -2.14. The summed E-state index contributed by atoms with van der Waals surface area (Å²) in [4.78, 5) is 0.199. The number of nitrogens with zero attached hydrogens (tertiary/aromatic N) is 2. The van der Waals surface area contributed by atoms with Gasteiger partial charge in [0.1, 0.15) is 11.5 Å². The molecule has 2 aromatic rings. The molecule has 0 bridgehead atoms. The van der Waals surface area contributed by atoms with Crippen LogP contribution < -0.4 is 9.47 Å². The SMILES string of the molecule is COc1ccc(C2CCCN2S(=O)(=O)c2ccc(S(=O)(=O)N3CCCC3)cc2)c(OC)c1. The zero-order chi connectivity index (χ0) is 22.9. The van der Waals surface area contributed by atoms with Crippen molar-refractivity contribution < 1.29 is 26.3 Å². The highest BCUT2D eigenvalue weighted by atomic mass is 32.2. The molecular weight excluding hydrogens is 452 g/mol. The van der Waals surface area contributed by atoms with Gasteiger partial charge in [-0.05, 0) is 56.0 Å². The zero-order valence-corrected chi connectivity index (χ0v) is 19.9. The summed E-state index contributed by atoms with van der Waals surface area (Å²) < 4.78 is 66.1. The predicted molar refractivity (Wildman–Crippen MR) is 120 cm³/mol. The molecule has 0 saturated carbocycles. The number of rotatable bonds is 7. The summed E-state index contributed by atoms with van der Waals surface area (Å²) in [6.45, 7) is 1.39. The molecule has 0 amide bonds. The molecule has 1 atom stereocenters. The van der Waals surface area contributed by atoms with Crippen LogP contribution in [0.1, 0.15) is 37.3 Å². The van der Waals surface area contributed by atoms with E-state index in [1.165, 1.54) is 32.9 Å². The standard InChI is InChI=1S/C22H28N2O6S2/c1-29-17-7-12-20(22(16-17)30-2)21-6-5-15-24(21)32(27,28)19-10-8-18(9-11-19)31(25,26)23-13-3-4-14-23/h7-12,16,21H,3-6,13-15H2,1-2H3. The van der Waals surface area contributed by atoms with Crippen LogP contribution in [0, 0.1) is 0 Å². The van der Waals surface area contributed by atoms with Gasteiger partial charge in [-0.3, -0.25) is 0 Å². The Morgan fingerprint density at radius 3 is 2.00 bits per heavy atom. The van der Waals surface area contributed by atoms with Gasteiger partial charge in [0.15, 0.2) is 0 Å². The number of benzene rings is 2. The molecular formula is C22H28N2O6S2. The van der Waals surface area contributed by atoms with Crippen LogP contribution in [0.15, 0.2) is 52.3 Å². The molecule has 8 nitrogen and oxygen atoms in total. The Kier molecular flexibility index (Phi) is 6.49. The first-order valence-corrected chi connectivity index (χ1v) is 13.5. The molecule has 2 aromatic carbocycles. The average Bonchev–Trinajstić information content (AvgIpc) is 3.51. The van der Waals surface area contributed by atoms with Crippen molar-refractivity contribution in [3.63, 3.8) is 0 Å². The van der Waals surface area contributed by atoms with Crippen molar-refractivity contribution in [3.05, 3.63) is 48.0 Å². The molecule has 0 N–H and O–H groups in total. The van der Waals surface area contributed by atoms with Crippen molar-refractivity contribution in [3.8, 4) is 11.5 Å². The van der Waals surface area contributed by atoms with E-state index in [1.54, 1.807) is 26.4 Å². The van der Waals surface area contributed by atoms with Gasteiger partial charge in [0.25, 0.3) is 0 Å². The van der Waals surface area contributed by atoms with Crippen LogP contribution in [-0.2, 0) is 20.0 Å². The lowest BCUT2D eigenvalue weighted by Gasteiger charge is -2.26. The van der Waals surface area contributed by atoms with Gasteiger partial charge in [-0.15, -0.1) is 0 Å². The van der Waals surface area contributed by atoms with Crippen molar-refractivity contribution in [2.24, 2.45) is 0 Å². The second-order valence-electron chi connectivity index (χ2n) is 7.96. The zero-order valence-electron chi connectivity index (χ0n) is 18.2. The molecule has 2 heterocycles. The van der Waals surface area contributed by atoms with Gasteiger partial charge in [0.2, 0.25) is 20.0 Å². The fourth-order valence-corrected chi connectivity index (χ4v) is 7.62. The Morgan fingerprint density at radius 1 is 0.781 bits per heavy atom. The number of ether oxygens (including phenoxy) is 2. The third kappa shape index (κ3) is 4.12. The average molecular weight is 481 g/mol. The molecule has 32 heavy (non-hydrogen) atoms. The number of hydrogen-bond acceptors (Lipinski definition) is 6. The maximum Gasteiger partial charge on any atom is 0.243 e. The summed E-state index contributed by atoms with van der Waals surface area (Å²) in [5, 5.41) is 0. The van der Waals surface area contributed by atoms with Crippen LogP contribution in [0.5, 0.6) is 11.5 Å².